The Hall–Kier alpha value is -1.58. The second-order valence-electron chi connectivity index (χ2n) is 3.70. The third kappa shape index (κ3) is 4.35. The molecule has 0 aliphatic heterocycles. The Morgan fingerprint density at radius 1 is 1.61 bits per heavy atom. The fraction of sp³-hybridized carbons (Fsp3) is 0.333. The lowest BCUT2D eigenvalue weighted by Gasteiger charge is -2.06. The Kier molecular flexibility index (Phi) is 5.62. The number of rotatable bonds is 6. The quantitative estimate of drug-likeness (QED) is 0.767. The third-order valence-electron chi connectivity index (χ3n) is 2.33. The van der Waals surface area contributed by atoms with Crippen LogP contribution >= 0.6 is 11.8 Å². The van der Waals surface area contributed by atoms with Gasteiger partial charge in [-0.25, -0.2) is 4.39 Å². The van der Waals surface area contributed by atoms with E-state index in [0.717, 1.165) is 0 Å². The summed E-state index contributed by atoms with van der Waals surface area (Å²) in [4.78, 5) is 10.5. The Labute approximate surface area is 109 Å². The van der Waals surface area contributed by atoms with E-state index in [0.29, 0.717) is 23.5 Å². The molecule has 4 nitrogen and oxygen atoms in total. The van der Waals surface area contributed by atoms with Gasteiger partial charge in [-0.1, -0.05) is 6.07 Å². The molecule has 18 heavy (non-hydrogen) atoms. The molecule has 0 bridgehead atoms. The number of halogens is 1. The van der Waals surface area contributed by atoms with Crippen molar-refractivity contribution in [2.45, 2.75) is 18.2 Å². The molecule has 1 atom stereocenters. The molecule has 0 aliphatic carbocycles. The summed E-state index contributed by atoms with van der Waals surface area (Å²) in [5, 5.41) is 17.2. The van der Waals surface area contributed by atoms with Crippen molar-refractivity contribution in [2.75, 3.05) is 5.75 Å². The van der Waals surface area contributed by atoms with Crippen LogP contribution in [-0.4, -0.2) is 22.9 Å². The fourth-order valence-corrected chi connectivity index (χ4v) is 2.27. The summed E-state index contributed by atoms with van der Waals surface area (Å²) in [6.07, 6.45) is 0.345. The predicted octanol–water partition coefficient (Wildman–Crippen LogP) is 1.73. The lowest BCUT2D eigenvalue weighted by atomic mass is 10.1. The number of carboxylic acids is 1. The minimum Gasteiger partial charge on any atom is -0.480 e. The van der Waals surface area contributed by atoms with Gasteiger partial charge in [-0.05, 0) is 29.9 Å². The number of aliphatic carboxylic acids is 1. The number of nitrogens with two attached hydrogens (primary N) is 1. The largest absolute Gasteiger partial charge is 0.480 e. The molecule has 0 heterocycles. The zero-order valence-corrected chi connectivity index (χ0v) is 10.4. The molecule has 1 rings (SSSR count). The molecule has 96 valence electrons. The fourth-order valence-electron chi connectivity index (χ4n) is 1.25. The van der Waals surface area contributed by atoms with Gasteiger partial charge in [-0.3, -0.25) is 4.79 Å². The third-order valence-corrected chi connectivity index (χ3v) is 3.37. The Balaban J connectivity index is 2.41. The van der Waals surface area contributed by atoms with Crippen LogP contribution in [0.4, 0.5) is 4.39 Å². The maximum absolute atomic E-state index is 13.5. The van der Waals surface area contributed by atoms with Crippen molar-refractivity contribution in [3.63, 3.8) is 0 Å². The molecule has 1 aromatic carbocycles. The van der Waals surface area contributed by atoms with E-state index in [1.807, 2.05) is 6.07 Å². The molecular formula is C12H13FN2O2S. The first-order valence-electron chi connectivity index (χ1n) is 5.29. The molecule has 0 fully saturated rings. The highest BCUT2D eigenvalue weighted by Gasteiger charge is 2.11. The summed E-state index contributed by atoms with van der Waals surface area (Å²) in [5.74, 6) is -0.458. The Morgan fingerprint density at radius 3 is 2.89 bits per heavy atom. The van der Waals surface area contributed by atoms with Gasteiger partial charge in [-0.2, -0.15) is 17.0 Å². The smallest absolute Gasteiger partial charge is 0.320 e. The average Bonchev–Trinajstić information content (AvgIpc) is 2.35. The second kappa shape index (κ2) is 6.99. The summed E-state index contributed by atoms with van der Waals surface area (Å²) >= 11 is 1.41. The minimum absolute atomic E-state index is 0.286. The van der Waals surface area contributed by atoms with Crippen LogP contribution in [0.1, 0.15) is 17.5 Å². The highest BCUT2D eigenvalue weighted by molar-refractivity contribution is 7.98. The molecule has 1 unspecified atom stereocenters. The van der Waals surface area contributed by atoms with Gasteiger partial charge in [-0.15, -0.1) is 0 Å². The molecule has 6 heteroatoms. The predicted molar refractivity (Wildman–Crippen MR) is 67.5 cm³/mol. The second-order valence-corrected chi connectivity index (χ2v) is 4.81. The van der Waals surface area contributed by atoms with E-state index in [2.05, 4.69) is 0 Å². The van der Waals surface area contributed by atoms with E-state index >= 15 is 0 Å². The van der Waals surface area contributed by atoms with Gasteiger partial charge >= 0.3 is 5.97 Å². The van der Waals surface area contributed by atoms with E-state index in [-0.39, 0.29) is 5.56 Å². The van der Waals surface area contributed by atoms with Crippen molar-refractivity contribution in [1.29, 1.82) is 5.26 Å². The molecule has 1 aromatic rings. The van der Waals surface area contributed by atoms with Crippen LogP contribution in [0.25, 0.3) is 0 Å². The summed E-state index contributed by atoms with van der Waals surface area (Å²) in [5.41, 5.74) is 6.13. The number of benzene rings is 1. The molecule has 3 N–H and O–H groups in total. The first-order valence-corrected chi connectivity index (χ1v) is 6.44. The Bertz CT molecular complexity index is 474. The zero-order valence-electron chi connectivity index (χ0n) is 9.60. The molecule has 0 amide bonds. The number of carbonyl (C=O) groups is 1. The number of hydrogen-bond acceptors (Lipinski definition) is 4. The topological polar surface area (TPSA) is 87.1 Å². The van der Waals surface area contributed by atoms with Crippen molar-refractivity contribution in [3.05, 3.63) is 35.1 Å². The summed E-state index contributed by atoms with van der Waals surface area (Å²) in [6.45, 7) is 0. The number of nitriles is 1. The lowest BCUT2D eigenvalue weighted by molar-refractivity contribution is -0.138. The van der Waals surface area contributed by atoms with Crippen LogP contribution in [0.2, 0.25) is 0 Å². The SMILES string of the molecule is N#Cc1ccc(CSCCC(N)C(=O)O)c(F)c1. The van der Waals surface area contributed by atoms with E-state index in [1.54, 1.807) is 12.1 Å². The van der Waals surface area contributed by atoms with Gasteiger partial charge in [0.2, 0.25) is 0 Å². The van der Waals surface area contributed by atoms with Gasteiger partial charge in [0.1, 0.15) is 11.9 Å². The van der Waals surface area contributed by atoms with Crippen LogP contribution < -0.4 is 5.73 Å². The Morgan fingerprint density at radius 2 is 2.33 bits per heavy atom. The number of nitrogens with zero attached hydrogens (tertiary/aromatic N) is 1. The molecule has 0 aromatic heterocycles. The summed E-state index contributed by atoms with van der Waals surface area (Å²) < 4.78 is 13.5. The van der Waals surface area contributed by atoms with Crippen molar-refractivity contribution < 1.29 is 14.3 Å². The van der Waals surface area contributed by atoms with Crippen molar-refractivity contribution >= 4 is 17.7 Å². The average molecular weight is 268 g/mol. The van der Waals surface area contributed by atoms with E-state index in [4.69, 9.17) is 16.1 Å². The maximum atomic E-state index is 13.5. The molecule has 0 radical (unpaired) electrons. The van der Waals surface area contributed by atoms with Crippen molar-refractivity contribution in [2.24, 2.45) is 5.73 Å². The zero-order chi connectivity index (χ0) is 13.5. The van der Waals surface area contributed by atoms with E-state index < -0.39 is 17.8 Å². The number of thioether (sulfide) groups is 1. The summed E-state index contributed by atoms with van der Waals surface area (Å²) in [6, 6.07) is 5.31. The van der Waals surface area contributed by atoms with Crippen LogP contribution in [0.3, 0.4) is 0 Å². The van der Waals surface area contributed by atoms with Gasteiger partial charge in [0.15, 0.2) is 0 Å². The normalized spacial score (nSPS) is 11.8. The van der Waals surface area contributed by atoms with Gasteiger partial charge < -0.3 is 10.8 Å². The van der Waals surface area contributed by atoms with Crippen LogP contribution in [-0.2, 0) is 10.5 Å². The van der Waals surface area contributed by atoms with Crippen LogP contribution in [0.5, 0.6) is 0 Å². The number of carboxylic acid groups (broad SMARTS) is 1. The minimum atomic E-state index is -1.03. The van der Waals surface area contributed by atoms with Crippen molar-refractivity contribution in [3.8, 4) is 6.07 Å². The highest BCUT2D eigenvalue weighted by Crippen LogP contribution is 2.17. The summed E-state index contributed by atoms with van der Waals surface area (Å²) in [7, 11) is 0. The van der Waals surface area contributed by atoms with Crippen molar-refractivity contribution in [1.82, 2.24) is 0 Å². The number of hydrogen-bond donors (Lipinski definition) is 2. The molecule has 0 saturated heterocycles. The molecule has 0 saturated carbocycles. The van der Waals surface area contributed by atoms with Gasteiger partial charge in [0.05, 0.1) is 11.6 Å². The first-order chi connectivity index (χ1) is 8.54. The first kappa shape index (κ1) is 14.5. The van der Waals surface area contributed by atoms with Crippen LogP contribution in [0, 0.1) is 17.1 Å². The van der Waals surface area contributed by atoms with Crippen LogP contribution in [0.15, 0.2) is 18.2 Å². The lowest BCUT2D eigenvalue weighted by Crippen LogP contribution is -2.30. The highest BCUT2D eigenvalue weighted by atomic mass is 32.2. The maximum Gasteiger partial charge on any atom is 0.320 e. The van der Waals surface area contributed by atoms with E-state index in [9.17, 15) is 9.18 Å². The van der Waals surface area contributed by atoms with Gasteiger partial charge in [0, 0.05) is 5.75 Å². The van der Waals surface area contributed by atoms with E-state index in [1.165, 1.54) is 17.8 Å². The van der Waals surface area contributed by atoms with Gasteiger partial charge in [0.25, 0.3) is 0 Å². The standard InChI is InChI=1S/C12H13FN2O2S/c13-10-5-8(6-14)1-2-9(10)7-18-4-3-11(15)12(16)17/h1-2,5,11H,3-4,7,15H2,(H,16,17). The molecule has 0 spiro atoms. The monoisotopic (exact) mass is 268 g/mol. The molecular weight excluding hydrogens is 255 g/mol. The molecule has 0 aliphatic rings.